The highest BCUT2D eigenvalue weighted by atomic mass is 35.5. The molecule has 0 atom stereocenters. The summed E-state index contributed by atoms with van der Waals surface area (Å²) in [4.78, 5) is 11.5. The van der Waals surface area contributed by atoms with E-state index in [9.17, 15) is 9.18 Å². The first kappa shape index (κ1) is 14.7. The highest BCUT2D eigenvalue weighted by Gasteiger charge is 2.18. The van der Waals surface area contributed by atoms with Gasteiger partial charge in [0.1, 0.15) is 11.6 Å². The second-order valence-corrected chi connectivity index (χ2v) is 4.91. The number of carbonyl (C=O) groups is 1. The lowest BCUT2D eigenvalue weighted by Gasteiger charge is -2.24. The predicted octanol–water partition coefficient (Wildman–Crippen LogP) is 1.71. The molecule has 0 aromatic heterocycles. The van der Waals surface area contributed by atoms with Crippen LogP contribution in [0.25, 0.3) is 0 Å². The van der Waals surface area contributed by atoms with Gasteiger partial charge in [-0.15, -0.1) is 0 Å². The molecule has 1 aromatic rings. The number of hydrogen-bond donors (Lipinski definition) is 2. The maximum atomic E-state index is 12.9. The first-order valence-corrected chi connectivity index (χ1v) is 5.81. The van der Waals surface area contributed by atoms with Gasteiger partial charge in [0.05, 0.1) is 5.02 Å². The largest absolute Gasteiger partial charge is 0.484 e. The Balaban J connectivity index is 2.50. The maximum Gasteiger partial charge on any atom is 0.258 e. The summed E-state index contributed by atoms with van der Waals surface area (Å²) in [6, 6.07) is 3.90. The molecular weight excluding hydrogens is 259 g/mol. The molecule has 0 radical (unpaired) electrons. The average Bonchev–Trinajstić information content (AvgIpc) is 2.30. The number of hydrogen-bond acceptors (Lipinski definition) is 3. The van der Waals surface area contributed by atoms with Crippen molar-refractivity contribution in [1.82, 2.24) is 5.32 Å². The van der Waals surface area contributed by atoms with Crippen LogP contribution < -0.4 is 15.8 Å². The number of ether oxygens (including phenoxy) is 1. The molecule has 0 bridgehead atoms. The summed E-state index contributed by atoms with van der Waals surface area (Å²) in [5, 5.41) is 2.66. The van der Waals surface area contributed by atoms with E-state index in [1.54, 1.807) is 13.8 Å². The summed E-state index contributed by atoms with van der Waals surface area (Å²) in [6.07, 6.45) is 0. The van der Waals surface area contributed by atoms with Crippen molar-refractivity contribution in [3.8, 4) is 5.75 Å². The molecule has 0 heterocycles. The van der Waals surface area contributed by atoms with Gasteiger partial charge in [-0.1, -0.05) is 11.6 Å². The SMILES string of the molecule is CC(C)(CN)NC(=O)COc1ccc(F)c(Cl)c1. The van der Waals surface area contributed by atoms with E-state index in [1.807, 2.05) is 0 Å². The van der Waals surface area contributed by atoms with Crippen molar-refractivity contribution >= 4 is 17.5 Å². The Bertz CT molecular complexity index is 438. The zero-order valence-corrected chi connectivity index (χ0v) is 11.1. The molecule has 1 rings (SSSR count). The van der Waals surface area contributed by atoms with Crippen LogP contribution in [0.1, 0.15) is 13.8 Å². The molecule has 0 saturated heterocycles. The third-order valence-corrected chi connectivity index (χ3v) is 2.54. The van der Waals surface area contributed by atoms with E-state index in [4.69, 9.17) is 22.1 Å². The van der Waals surface area contributed by atoms with E-state index in [0.717, 1.165) is 0 Å². The number of benzene rings is 1. The summed E-state index contributed by atoms with van der Waals surface area (Å²) in [7, 11) is 0. The minimum atomic E-state index is -0.530. The monoisotopic (exact) mass is 274 g/mol. The second kappa shape index (κ2) is 6.02. The molecule has 3 N–H and O–H groups in total. The number of nitrogens with one attached hydrogen (secondary N) is 1. The molecule has 18 heavy (non-hydrogen) atoms. The predicted molar refractivity (Wildman–Crippen MR) is 68.2 cm³/mol. The fraction of sp³-hybridized carbons (Fsp3) is 0.417. The van der Waals surface area contributed by atoms with Gasteiger partial charge in [-0.05, 0) is 26.0 Å². The molecule has 4 nitrogen and oxygen atoms in total. The van der Waals surface area contributed by atoms with Gasteiger partial charge in [-0.2, -0.15) is 0 Å². The molecular formula is C12H16ClFN2O2. The van der Waals surface area contributed by atoms with Gasteiger partial charge in [0.25, 0.3) is 5.91 Å². The van der Waals surface area contributed by atoms with Gasteiger partial charge < -0.3 is 15.8 Å². The molecule has 0 aliphatic rings. The van der Waals surface area contributed by atoms with E-state index in [1.165, 1.54) is 18.2 Å². The summed E-state index contributed by atoms with van der Waals surface area (Å²) in [6.45, 7) is 3.76. The Kier molecular flexibility index (Phi) is 4.93. The molecule has 0 aliphatic carbocycles. The topological polar surface area (TPSA) is 64.3 Å². The van der Waals surface area contributed by atoms with Gasteiger partial charge in [-0.3, -0.25) is 4.79 Å². The molecule has 100 valence electrons. The van der Waals surface area contributed by atoms with Crippen molar-refractivity contribution in [2.75, 3.05) is 13.2 Å². The zero-order chi connectivity index (χ0) is 13.8. The molecule has 0 spiro atoms. The standard InChI is InChI=1S/C12H16ClFN2O2/c1-12(2,7-15)16-11(17)6-18-8-3-4-10(14)9(13)5-8/h3-5H,6-7,15H2,1-2H3,(H,16,17). The van der Waals surface area contributed by atoms with Crippen molar-refractivity contribution in [2.45, 2.75) is 19.4 Å². The van der Waals surface area contributed by atoms with Crippen molar-refractivity contribution in [1.29, 1.82) is 0 Å². The van der Waals surface area contributed by atoms with E-state index >= 15 is 0 Å². The smallest absolute Gasteiger partial charge is 0.258 e. The number of rotatable bonds is 5. The van der Waals surface area contributed by atoms with Crippen LogP contribution in [-0.4, -0.2) is 24.6 Å². The van der Waals surface area contributed by atoms with Crippen LogP contribution in [0, 0.1) is 5.82 Å². The summed E-state index contributed by atoms with van der Waals surface area (Å²) in [5.74, 6) is -0.495. The first-order valence-electron chi connectivity index (χ1n) is 5.43. The van der Waals surface area contributed by atoms with Gasteiger partial charge >= 0.3 is 0 Å². The van der Waals surface area contributed by atoms with Crippen LogP contribution in [0.3, 0.4) is 0 Å². The average molecular weight is 275 g/mol. The zero-order valence-electron chi connectivity index (χ0n) is 10.3. The number of amides is 1. The van der Waals surface area contributed by atoms with E-state index < -0.39 is 11.4 Å². The molecule has 0 fully saturated rings. The number of carbonyl (C=O) groups excluding carboxylic acids is 1. The molecule has 0 aliphatic heterocycles. The highest BCUT2D eigenvalue weighted by molar-refractivity contribution is 6.30. The number of halogens is 2. The van der Waals surface area contributed by atoms with Gasteiger partial charge in [0.15, 0.2) is 6.61 Å². The van der Waals surface area contributed by atoms with Crippen LogP contribution in [0.4, 0.5) is 4.39 Å². The summed E-state index contributed by atoms with van der Waals surface area (Å²) in [5.41, 5.74) is 5.00. The lowest BCUT2D eigenvalue weighted by atomic mass is 10.1. The van der Waals surface area contributed by atoms with Crippen molar-refractivity contribution < 1.29 is 13.9 Å². The summed E-state index contributed by atoms with van der Waals surface area (Å²) < 4.78 is 18.1. The molecule has 1 amide bonds. The van der Waals surface area contributed by atoms with Crippen molar-refractivity contribution in [2.24, 2.45) is 5.73 Å². The maximum absolute atomic E-state index is 12.9. The van der Waals surface area contributed by atoms with E-state index in [-0.39, 0.29) is 17.5 Å². The molecule has 6 heteroatoms. The third kappa shape index (κ3) is 4.50. The Hall–Kier alpha value is -1.33. The fourth-order valence-corrected chi connectivity index (χ4v) is 1.35. The van der Waals surface area contributed by atoms with Crippen molar-refractivity contribution in [3.05, 3.63) is 29.0 Å². The minimum absolute atomic E-state index is 0.0461. The Morgan fingerprint density at radius 2 is 2.22 bits per heavy atom. The third-order valence-electron chi connectivity index (χ3n) is 2.25. The fourth-order valence-electron chi connectivity index (χ4n) is 1.18. The number of nitrogens with two attached hydrogens (primary N) is 1. The lowest BCUT2D eigenvalue weighted by Crippen LogP contribution is -2.50. The molecule has 0 saturated carbocycles. The van der Waals surface area contributed by atoms with Crippen LogP contribution in [0.15, 0.2) is 18.2 Å². The molecule has 1 aromatic carbocycles. The minimum Gasteiger partial charge on any atom is -0.484 e. The van der Waals surface area contributed by atoms with E-state index in [0.29, 0.717) is 12.3 Å². The Morgan fingerprint density at radius 1 is 1.56 bits per heavy atom. The van der Waals surface area contributed by atoms with Gasteiger partial charge in [-0.25, -0.2) is 4.39 Å². The van der Waals surface area contributed by atoms with Crippen LogP contribution in [-0.2, 0) is 4.79 Å². The van der Waals surface area contributed by atoms with E-state index in [2.05, 4.69) is 5.32 Å². The van der Waals surface area contributed by atoms with Gasteiger partial charge in [0, 0.05) is 18.2 Å². The molecule has 0 unspecified atom stereocenters. The van der Waals surface area contributed by atoms with Crippen LogP contribution in [0.5, 0.6) is 5.75 Å². The van der Waals surface area contributed by atoms with Crippen LogP contribution in [0.2, 0.25) is 5.02 Å². The quantitative estimate of drug-likeness (QED) is 0.859. The Labute approximate surface area is 110 Å². The lowest BCUT2D eigenvalue weighted by molar-refractivity contribution is -0.124. The Morgan fingerprint density at radius 3 is 2.78 bits per heavy atom. The van der Waals surface area contributed by atoms with Crippen molar-refractivity contribution in [3.63, 3.8) is 0 Å². The normalized spacial score (nSPS) is 11.2. The summed E-state index contributed by atoms with van der Waals surface area (Å²) >= 11 is 5.59. The highest BCUT2D eigenvalue weighted by Crippen LogP contribution is 2.20. The first-order chi connectivity index (χ1) is 8.34. The van der Waals surface area contributed by atoms with Gasteiger partial charge in [0.2, 0.25) is 0 Å². The second-order valence-electron chi connectivity index (χ2n) is 4.50. The van der Waals surface area contributed by atoms with Crippen LogP contribution >= 0.6 is 11.6 Å².